The van der Waals surface area contributed by atoms with Gasteiger partial charge in [-0.15, -0.1) is 0 Å². The van der Waals surface area contributed by atoms with E-state index in [0.29, 0.717) is 18.7 Å². The molecule has 1 atom stereocenters. The molecule has 122 valence electrons. The maximum Gasteiger partial charge on any atom is 0.221 e. The van der Waals surface area contributed by atoms with Crippen LogP contribution in [0.3, 0.4) is 0 Å². The van der Waals surface area contributed by atoms with Crippen LogP contribution in [0.4, 0.5) is 0 Å². The van der Waals surface area contributed by atoms with E-state index in [-0.39, 0.29) is 11.9 Å². The second-order valence-corrected chi connectivity index (χ2v) is 7.53. The standard InChI is InChI=1S/C14H22N4O3S/c1-10-15-9-12(16-10)8-13(17-11(2)19)14-6-4-5-7-18(14)22(3,20)21/h8-9,14H,4-7H2,1-3H3,(H,15,16)(H,17,19)/b13-8-/t14-/m1/s1. The van der Waals surface area contributed by atoms with Crippen molar-refractivity contribution < 1.29 is 13.2 Å². The SMILES string of the molecule is CC(=O)N/C(=C\c1cnc(C)[nH]1)[C@H]1CCCCN1S(C)(=O)=O. The van der Waals surface area contributed by atoms with E-state index in [9.17, 15) is 13.2 Å². The molecule has 2 heterocycles. The number of carbonyl (C=O) groups is 1. The van der Waals surface area contributed by atoms with Gasteiger partial charge in [0.15, 0.2) is 0 Å². The molecule has 1 aromatic heterocycles. The van der Waals surface area contributed by atoms with Crippen molar-refractivity contribution in [3.8, 4) is 0 Å². The first-order chi connectivity index (χ1) is 10.3. The molecule has 2 rings (SSSR count). The number of nitrogens with one attached hydrogen (secondary N) is 2. The van der Waals surface area contributed by atoms with E-state index in [1.807, 2.05) is 6.92 Å². The summed E-state index contributed by atoms with van der Waals surface area (Å²) in [4.78, 5) is 18.7. The third-order valence-corrected chi connectivity index (χ3v) is 4.88. The lowest BCUT2D eigenvalue weighted by atomic mass is 10.0. The minimum absolute atomic E-state index is 0.221. The van der Waals surface area contributed by atoms with E-state index in [0.717, 1.165) is 24.4 Å². The van der Waals surface area contributed by atoms with Crippen LogP contribution in [0.15, 0.2) is 11.9 Å². The Labute approximate surface area is 130 Å². The first-order valence-electron chi connectivity index (χ1n) is 7.25. The summed E-state index contributed by atoms with van der Waals surface area (Å²) in [5.41, 5.74) is 1.32. The number of imidazole rings is 1. The summed E-state index contributed by atoms with van der Waals surface area (Å²) in [7, 11) is -3.33. The van der Waals surface area contributed by atoms with Crippen molar-refractivity contribution in [2.75, 3.05) is 12.8 Å². The van der Waals surface area contributed by atoms with Crippen molar-refractivity contribution in [3.05, 3.63) is 23.4 Å². The highest BCUT2D eigenvalue weighted by Gasteiger charge is 2.32. The molecule has 1 aromatic rings. The van der Waals surface area contributed by atoms with Gasteiger partial charge in [-0.2, -0.15) is 4.31 Å². The summed E-state index contributed by atoms with van der Waals surface area (Å²) in [5.74, 6) is 0.540. The molecule has 8 heteroatoms. The first kappa shape index (κ1) is 16.7. The summed E-state index contributed by atoms with van der Waals surface area (Å²) >= 11 is 0. The molecular formula is C14H22N4O3S. The highest BCUT2D eigenvalue weighted by Crippen LogP contribution is 2.25. The third kappa shape index (κ3) is 4.17. The Hall–Kier alpha value is -1.67. The Morgan fingerprint density at radius 2 is 2.23 bits per heavy atom. The van der Waals surface area contributed by atoms with Crippen LogP contribution < -0.4 is 5.32 Å². The highest BCUT2D eigenvalue weighted by molar-refractivity contribution is 7.88. The number of aromatic nitrogens is 2. The van der Waals surface area contributed by atoms with Crippen molar-refractivity contribution in [2.24, 2.45) is 0 Å². The van der Waals surface area contributed by atoms with E-state index in [2.05, 4.69) is 15.3 Å². The smallest absolute Gasteiger partial charge is 0.221 e. The lowest BCUT2D eigenvalue weighted by Crippen LogP contribution is -2.47. The predicted octanol–water partition coefficient (Wildman–Crippen LogP) is 1.01. The molecule has 0 radical (unpaired) electrons. The Balaban J connectivity index is 2.38. The number of hydrogen-bond donors (Lipinski definition) is 2. The Kier molecular flexibility index (Phi) is 5.02. The fourth-order valence-electron chi connectivity index (χ4n) is 2.71. The van der Waals surface area contributed by atoms with Crippen molar-refractivity contribution in [1.29, 1.82) is 0 Å². The maximum atomic E-state index is 12.0. The normalized spacial score (nSPS) is 20.9. The second kappa shape index (κ2) is 6.62. The molecule has 1 aliphatic heterocycles. The van der Waals surface area contributed by atoms with Crippen LogP contribution in [0, 0.1) is 6.92 Å². The van der Waals surface area contributed by atoms with Crippen LogP contribution >= 0.6 is 0 Å². The van der Waals surface area contributed by atoms with Crippen molar-refractivity contribution in [2.45, 2.75) is 39.2 Å². The Morgan fingerprint density at radius 3 is 2.77 bits per heavy atom. The highest BCUT2D eigenvalue weighted by atomic mass is 32.2. The number of carbonyl (C=O) groups excluding carboxylic acids is 1. The Bertz CT molecular complexity index is 678. The topological polar surface area (TPSA) is 95.2 Å². The Morgan fingerprint density at radius 1 is 1.50 bits per heavy atom. The number of sulfonamides is 1. The number of amides is 1. The number of aromatic amines is 1. The number of aryl methyl sites for hydroxylation is 1. The summed E-state index contributed by atoms with van der Waals surface area (Å²) in [5, 5.41) is 2.78. The van der Waals surface area contributed by atoms with Gasteiger partial charge >= 0.3 is 0 Å². The third-order valence-electron chi connectivity index (χ3n) is 3.59. The molecule has 0 unspecified atom stereocenters. The fraction of sp³-hybridized carbons (Fsp3) is 0.571. The number of H-pyrrole nitrogens is 1. The maximum absolute atomic E-state index is 12.0. The quantitative estimate of drug-likeness (QED) is 0.863. The van der Waals surface area contributed by atoms with Gasteiger partial charge in [-0.3, -0.25) is 4.79 Å². The fourth-order valence-corrected chi connectivity index (χ4v) is 3.85. The van der Waals surface area contributed by atoms with Gasteiger partial charge in [-0.1, -0.05) is 6.42 Å². The lowest BCUT2D eigenvalue weighted by Gasteiger charge is -2.35. The van der Waals surface area contributed by atoms with Gasteiger partial charge in [0.1, 0.15) is 5.82 Å². The molecule has 22 heavy (non-hydrogen) atoms. The number of rotatable bonds is 4. The molecule has 0 saturated carbocycles. The minimum Gasteiger partial charge on any atom is -0.343 e. The molecule has 1 amide bonds. The molecule has 0 aliphatic carbocycles. The number of hydrogen-bond acceptors (Lipinski definition) is 4. The van der Waals surface area contributed by atoms with E-state index >= 15 is 0 Å². The number of piperidine rings is 1. The molecule has 7 nitrogen and oxygen atoms in total. The van der Waals surface area contributed by atoms with Crippen LogP contribution in [0.5, 0.6) is 0 Å². The minimum atomic E-state index is -3.33. The zero-order chi connectivity index (χ0) is 16.3. The van der Waals surface area contributed by atoms with E-state index in [4.69, 9.17) is 0 Å². The number of nitrogens with zero attached hydrogens (tertiary/aromatic N) is 2. The molecular weight excluding hydrogens is 304 g/mol. The van der Waals surface area contributed by atoms with Gasteiger partial charge in [0.25, 0.3) is 0 Å². The van der Waals surface area contributed by atoms with Gasteiger partial charge in [0, 0.05) is 19.2 Å². The van der Waals surface area contributed by atoms with Gasteiger partial charge < -0.3 is 10.3 Å². The molecule has 0 aromatic carbocycles. The zero-order valence-corrected chi connectivity index (χ0v) is 13.9. The van der Waals surface area contributed by atoms with Gasteiger partial charge in [0.05, 0.1) is 24.2 Å². The van der Waals surface area contributed by atoms with Gasteiger partial charge in [0.2, 0.25) is 15.9 Å². The summed E-state index contributed by atoms with van der Waals surface area (Å²) in [6.45, 7) is 3.72. The first-order valence-corrected chi connectivity index (χ1v) is 9.10. The molecule has 0 spiro atoms. The van der Waals surface area contributed by atoms with Crippen LogP contribution in [-0.4, -0.2) is 47.4 Å². The molecule has 1 fully saturated rings. The average molecular weight is 326 g/mol. The van der Waals surface area contributed by atoms with Crippen molar-refractivity contribution >= 4 is 22.0 Å². The predicted molar refractivity (Wildman–Crippen MR) is 84.3 cm³/mol. The van der Waals surface area contributed by atoms with Crippen LogP contribution in [0.2, 0.25) is 0 Å². The summed E-state index contributed by atoms with van der Waals surface area (Å²) in [6, 6.07) is -0.351. The molecule has 1 saturated heterocycles. The van der Waals surface area contributed by atoms with Crippen molar-refractivity contribution in [3.63, 3.8) is 0 Å². The van der Waals surface area contributed by atoms with Gasteiger partial charge in [-0.05, 0) is 25.8 Å². The van der Waals surface area contributed by atoms with Crippen molar-refractivity contribution in [1.82, 2.24) is 19.6 Å². The second-order valence-electron chi connectivity index (χ2n) is 5.59. The van der Waals surface area contributed by atoms with E-state index < -0.39 is 10.0 Å². The monoisotopic (exact) mass is 326 g/mol. The lowest BCUT2D eigenvalue weighted by molar-refractivity contribution is -0.118. The zero-order valence-electron chi connectivity index (χ0n) is 13.1. The van der Waals surface area contributed by atoms with Crippen LogP contribution in [-0.2, 0) is 14.8 Å². The summed E-state index contributed by atoms with van der Waals surface area (Å²) < 4.78 is 25.5. The van der Waals surface area contributed by atoms with E-state index in [1.54, 1.807) is 12.3 Å². The van der Waals surface area contributed by atoms with Gasteiger partial charge in [-0.25, -0.2) is 13.4 Å². The average Bonchev–Trinajstić information content (AvgIpc) is 2.82. The van der Waals surface area contributed by atoms with E-state index in [1.165, 1.54) is 17.5 Å². The van der Waals surface area contributed by atoms with Crippen LogP contribution in [0.25, 0.3) is 6.08 Å². The molecule has 0 bridgehead atoms. The summed E-state index contributed by atoms with van der Waals surface area (Å²) in [6.07, 6.45) is 7.07. The largest absolute Gasteiger partial charge is 0.343 e. The van der Waals surface area contributed by atoms with Crippen LogP contribution in [0.1, 0.15) is 37.7 Å². The molecule has 2 N–H and O–H groups in total. The molecule has 1 aliphatic rings.